The van der Waals surface area contributed by atoms with Crippen LogP contribution in [0.4, 0.5) is 0 Å². The Labute approximate surface area is 257 Å². The highest BCUT2D eigenvalue weighted by atomic mass is 16.7. The maximum absolute atomic E-state index is 6.67. The molecule has 14 radical (unpaired) electrons. The zero-order valence-electron chi connectivity index (χ0n) is 24.2. The van der Waals surface area contributed by atoms with Gasteiger partial charge >= 0.3 is 7.12 Å². The molecule has 42 heavy (non-hydrogen) atoms. The minimum absolute atomic E-state index is 0.154. The van der Waals surface area contributed by atoms with Crippen molar-refractivity contribution in [2.45, 2.75) is 38.9 Å². The maximum atomic E-state index is 6.67. The van der Waals surface area contributed by atoms with Crippen LogP contribution in [-0.2, 0) is 9.31 Å². The van der Waals surface area contributed by atoms with Gasteiger partial charge in [-0.1, -0.05) is 75.8 Å². The minimum Gasteiger partial charge on any atom is -0.399 e. The second-order valence-corrected chi connectivity index (χ2v) is 12.0. The van der Waals surface area contributed by atoms with Gasteiger partial charge in [-0.25, -0.2) is 0 Å². The van der Waals surface area contributed by atoms with E-state index >= 15 is 0 Å². The Balaban J connectivity index is 1.41. The van der Waals surface area contributed by atoms with Crippen molar-refractivity contribution in [1.82, 2.24) is 0 Å². The smallest absolute Gasteiger partial charge is 0.399 e. The Kier molecular flexibility index (Phi) is 6.99. The Hall–Kier alpha value is -2.94. The van der Waals surface area contributed by atoms with Gasteiger partial charge in [0.1, 0.15) is 54.9 Å². The fourth-order valence-corrected chi connectivity index (χ4v) is 5.66. The van der Waals surface area contributed by atoms with Crippen LogP contribution in [0, 0.1) is 0 Å². The van der Waals surface area contributed by atoms with Crippen LogP contribution in [0.2, 0.25) is 0 Å². The summed E-state index contributed by atoms with van der Waals surface area (Å²) < 4.78 is 12.5. The summed E-state index contributed by atoms with van der Waals surface area (Å²) in [6, 6.07) is 20.6. The van der Waals surface area contributed by atoms with E-state index in [0.29, 0.717) is 27.3 Å². The van der Waals surface area contributed by atoms with Crippen LogP contribution in [0.3, 0.4) is 0 Å². The minimum atomic E-state index is -0.431. The molecule has 0 unspecified atom stereocenters. The van der Waals surface area contributed by atoms with E-state index in [1.165, 1.54) is 0 Å². The quantitative estimate of drug-likeness (QED) is 0.287. The van der Waals surface area contributed by atoms with Crippen LogP contribution in [0.25, 0.3) is 43.8 Å². The Bertz CT molecular complexity index is 1920. The fourth-order valence-electron chi connectivity index (χ4n) is 5.66. The lowest BCUT2D eigenvalue weighted by molar-refractivity contribution is 0.00578. The topological polar surface area (TPSA) is 18.5 Å². The molecular formula is C32H22B8O2. The maximum Gasteiger partial charge on any atom is 0.494 e. The van der Waals surface area contributed by atoms with E-state index in [9.17, 15) is 0 Å². The van der Waals surface area contributed by atoms with Gasteiger partial charge in [0, 0.05) is 0 Å². The van der Waals surface area contributed by atoms with Crippen molar-refractivity contribution >= 4 is 127 Å². The van der Waals surface area contributed by atoms with Crippen LogP contribution in [0.1, 0.15) is 27.7 Å². The summed E-state index contributed by atoms with van der Waals surface area (Å²) in [6.07, 6.45) is 0. The first-order chi connectivity index (χ1) is 19.7. The van der Waals surface area contributed by atoms with Gasteiger partial charge in [0.2, 0.25) is 0 Å². The van der Waals surface area contributed by atoms with Gasteiger partial charge in [0.05, 0.1) is 11.2 Å². The van der Waals surface area contributed by atoms with E-state index in [0.717, 1.165) is 32.9 Å². The molecule has 0 bridgehead atoms. The summed E-state index contributed by atoms with van der Waals surface area (Å²) in [7, 11) is 44.0. The third-order valence-electron chi connectivity index (χ3n) is 8.90. The monoisotopic (exact) mass is 526 g/mol. The summed E-state index contributed by atoms with van der Waals surface area (Å²) in [4.78, 5) is 0. The third kappa shape index (κ3) is 4.45. The molecule has 1 aliphatic heterocycles. The molecule has 10 heteroatoms. The first-order valence-electron chi connectivity index (χ1n) is 13.7. The Morgan fingerprint density at radius 1 is 0.500 bits per heavy atom. The summed E-state index contributed by atoms with van der Waals surface area (Å²) >= 11 is 0. The van der Waals surface area contributed by atoms with Crippen LogP contribution in [-0.4, -0.2) is 73.2 Å². The van der Waals surface area contributed by atoms with Crippen LogP contribution < -0.4 is 43.7 Å². The lowest BCUT2D eigenvalue weighted by atomic mass is 9.58. The molecule has 0 amide bonds. The molecule has 5 aromatic rings. The van der Waals surface area contributed by atoms with Crippen molar-refractivity contribution in [3.63, 3.8) is 0 Å². The van der Waals surface area contributed by atoms with Gasteiger partial charge in [-0.15, -0.1) is 10.9 Å². The highest BCUT2D eigenvalue weighted by molar-refractivity contribution is 6.72. The summed E-state index contributed by atoms with van der Waals surface area (Å²) in [5, 5.41) is 2.90. The van der Waals surface area contributed by atoms with E-state index in [1.54, 1.807) is 0 Å². The van der Waals surface area contributed by atoms with Crippen LogP contribution in [0.5, 0.6) is 0 Å². The predicted molar refractivity (Wildman–Crippen MR) is 186 cm³/mol. The van der Waals surface area contributed by atoms with E-state index in [-0.39, 0.29) is 27.3 Å². The Morgan fingerprint density at radius 3 is 1.57 bits per heavy atom. The standard InChI is InChI=1S/C32H22B8O2/c1-31(2)32(3,4)42-40(41-31)20-7-5-6-15(14-20)16-8-9-18-13-19(11-10-17(18)12-16)21-24(33)22-23(26(35)25(21)34)28(37)30(39)29(38)27(22)36/h5-14H,1-4H3. The van der Waals surface area contributed by atoms with Crippen molar-refractivity contribution in [3.8, 4) is 22.3 Å². The predicted octanol–water partition coefficient (Wildman–Crippen LogP) is -0.817. The second-order valence-electron chi connectivity index (χ2n) is 12.0. The van der Waals surface area contributed by atoms with Crippen LogP contribution >= 0.6 is 0 Å². The number of rotatable bonds is 3. The molecule has 5 aromatic carbocycles. The van der Waals surface area contributed by atoms with Gasteiger partial charge in [0.15, 0.2) is 0 Å². The molecule has 1 aliphatic rings. The van der Waals surface area contributed by atoms with Crippen molar-refractivity contribution in [2.24, 2.45) is 0 Å². The highest BCUT2D eigenvalue weighted by Gasteiger charge is 2.51. The van der Waals surface area contributed by atoms with Gasteiger partial charge in [-0.2, -0.15) is 0 Å². The zero-order chi connectivity index (χ0) is 30.3. The molecule has 0 spiro atoms. The molecule has 0 saturated carbocycles. The number of fused-ring (bicyclic) bond motifs is 2. The van der Waals surface area contributed by atoms with E-state index in [1.807, 2.05) is 30.3 Å². The number of hydrogen-bond acceptors (Lipinski definition) is 2. The average Bonchev–Trinajstić information content (AvgIpc) is 3.18. The summed E-state index contributed by atoms with van der Waals surface area (Å²) in [5.41, 5.74) is 5.27. The molecule has 1 heterocycles. The van der Waals surface area contributed by atoms with Crippen molar-refractivity contribution < 1.29 is 9.31 Å². The van der Waals surface area contributed by atoms with Gasteiger partial charge in [-0.05, 0) is 89.1 Å². The van der Waals surface area contributed by atoms with Crippen molar-refractivity contribution in [1.29, 1.82) is 0 Å². The summed E-state index contributed by atoms with van der Waals surface area (Å²) in [6.45, 7) is 8.21. The molecule has 1 fully saturated rings. The molecule has 0 atom stereocenters. The first-order valence-corrected chi connectivity index (χ1v) is 13.7. The first kappa shape index (κ1) is 29.1. The van der Waals surface area contributed by atoms with Crippen molar-refractivity contribution in [3.05, 3.63) is 60.7 Å². The van der Waals surface area contributed by atoms with E-state index in [4.69, 9.17) is 64.2 Å². The molecule has 0 N–H and O–H groups in total. The van der Waals surface area contributed by atoms with Gasteiger partial charge in [-0.3, -0.25) is 0 Å². The van der Waals surface area contributed by atoms with Gasteiger partial charge < -0.3 is 9.31 Å². The highest BCUT2D eigenvalue weighted by Crippen LogP contribution is 2.37. The van der Waals surface area contributed by atoms with Crippen molar-refractivity contribution in [2.75, 3.05) is 0 Å². The number of benzene rings is 5. The van der Waals surface area contributed by atoms with Crippen LogP contribution in [0.15, 0.2) is 60.7 Å². The normalized spacial score (nSPS) is 16.0. The molecule has 186 valence electrons. The fraction of sp³-hybridized carbons (Fsp3) is 0.188. The zero-order valence-corrected chi connectivity index (χ0v) is 24.2. The van der Waals surface area contributed by atoms with Gasteiger partial charge in [0.25, 0.3) is 0 Å². The molecule has 6 rings (SSSR count). The van der Waals surface area contributed by atoms with E-state index in [2.05, 4.69) is 58.0 Å². The average molecular weight is 525 g/mol. The molecule has 0 aromatic heterocycles. The van der Waals surface area contributed by atoms with E-state index < -0.39 is 18.3 Å². The molecule has 1 saturated heterocycles. The Morgan fingerprint density at radius 2 is 0.976 bits per heavy atom. The molecular weight excluding hydrogens is 503 g/mol. The molecule has 2 nitrogen and oxygen atoms in total. The molecule has 0 aliphatic carbocycles. The largest absolute Gasteiger partial charge is 0.494 e. The lowest BCUT2D eigenvalue weighted by Crippen LogP contribution is -2.52. The SMILES string of the molecule is [B]c1c([B])c([B])c2c([B])c(-c3ccc4cc(-c5cccc(B6OC(C)(C)C(C)(C)O6)c5)ccc4c3)c([B])c([B])c2c1[B]. The third-order valence-corrected chi connectivity index (χ3v) is 8.90. The number of hydrogen-bond donors (Lipinski definition) is 0. The summed E-state index contributed by atoms with van der Waals surface area (Å²) in [5.74, 6) is 0. The second kappa shape index (κ2) is 10.1. The lowest BCUT2D eigenvalue weighted by Gasteiger charge is -2.32.